The highest BCUT2D eigenvalue weighted by atomic mass is 16.5. The predicted octanol–water partition coefficient (Wildman–Crippen LogP) is 11.7. The molecule has 0 heterocycles. The van der Waals surface area contributed by atoms with Gasteiger partial charge < -0.3 is 4.74 Å². The number of hydrogen-bond acceptors (Lipinski definition) is 3. The smallest absolute Gasteiger partial charge is 0.0655 e. The van der Waals surface area contributed by atoms with Crippen molar-refractivity contribution in [2.45, 2.75) is 168 Å². The van der Waals surface area contributed by atoms with Crippen molar-refractivity contribution in [3.63, 3.8) is 0 Å². The van der Waals surface area contributed by atoms with E-state index in [4.69, 9.17) is 4.74 Å². The van der Waals surface area contributed by atoms with Crippen LogP contribution in [0.5, 0.6) is 0 Å². The number of nitrogens with zero attached hydrogens (tertiary/aromatic N) is 2. The molecule has 4 rings (SSSR count). The van der Waals surface area contributed by atoms with E-state index >= 15 is 0 Å². The van der Waals surface area contributed by atoms with Crippen LogP contribution in [0.15, 0.2) is 0 Å². The zero-order chi connectivity index (χ0) is 30.3. The molecule has 4 aliphatic rings. The second-order valence-electron chi connectivity index (χ2n) is 15.8. The number of rotatable bonds is 16. The molecule has 0 radical (unpaired) electrons. The number of ether oxygens (including phenoxy) is 1. The van der Waals surface area contributed by atoms with Crippen molar-refractivity contribution in [1.29, 1.82) is 10.5 Å². The lowest BCUT2D eigenvalue weighted by atomic mass is 9.65. The molecule has 43 heavy (non-hydrogen) atoms. The Bertz CT molecular complexity index is 742. The molecule has 0 N–H and O–H groups in total. The number of nitriles is 2. The highest BCUT2D eigenvalue weighted by molar-refractivity contribution is 4.92. The first-order chi connectivity index (χ1) is 21.1. The fourth-order valence-electron chi connectivity index (χ4n) is 10.4. The molecule has 244 valence electrons. The van der Waals surface area contributed by atoms with E-state index in [2.05, 4.69) is 26.0 Å². The Morgan fingerprint density at radius 1 is 0.512 bits per heavy atom. The highest BCUT2D eigenvalue weighted by Crippen LogP contribution is 2.46. The summed E-state index contributed by atoms with van der Waals surface area (Å²) in [5.41, 5.74) is 0. The lowest BCUT2D eigenvalue weighted by Gasteiger charge is -2.41. The Morgan fingerprint density at radius 3 is 1.14 bits per heavy atom. The van der Waals surface area contributed by atoms with Gasteiger partial charge in [-0.2, -0.15) is 10.5 Å². The number of unbranched alkanes of at least 4 members (excludes halogenated alkanes) is 2. The van der Waals surface area contributed by atoms with Crippen LogP contribution in [0.2, 0.25) is 0 Å². The summed E-state index contributed by atoms with van der Waals surface area (Å²) >= 11 is 0. The van der Waals surface area contributed by atoms with Gasteiger partial charge in [0.1, 0.15) is 0 Å². The maximum atomic E-state index is 9.49. The van der Waals surface area contributed by atoms with Crippen LogP contribution in [-0.4, -0.2) is 13.2 Å². The Labute approximate surface area is 267 Å². The quantitative estimate of drug-likeness (QED) is 0.167. The molecule has 0 aromatic rings. The van der Waals surface area contributed by atoms with Gasteiger partial charge >= 0.3 is 0 Å². The summed E-state index contributed by atoms with van der Waals surface area (Å²) in [5.74, 6) is 7.58. The second kappa shape index (κ2) is 19.5. The second-order valence-corrected chi connectivity index (χ2v) is 15.8. The Kier molecular flexibility index (Phi) is 15.7. The first-order valence-corrected chi connectivity index (χ1v) is 19.5. The lowest BCUT2D eigenvalue weighted by Crippen LogP contribution is -2.32. The van der Waals surface area contributed by atoms with Gasteiger partial charge in [-0.15, -0.1) is 0 Å². The minimum absolute atomic E-state index is 0.305. The molecule has 0 spiro atoms. The van der Waals surface area contributed by atoms with Crippen molar-refractivity contribution < 1.29 is 4.74 Å². The fraction of sp³-hybridized carbons (Fsp3) is 0.950. The first-order valence-electron chi connectivity index (χ1n) is 19.5. The summed E-state index contributed by atoms with van der Waals surface area (Å²) in [6, 6.07) is 5.14. The van der Waals surface area contributed by atoms with Crippen molar-refractivity contribution in [3.8, 4) is 12.1 Å². The van der Waals surface area contributed by atoms with Gasteiger partial charge in [0.05, 0.1) is 12.1 Å². The molecule has 4 fully saturated rings. The van der Waals surface area contributed by atoms with E-state index < -0.39 is 0 Å². The molecule has 4 saturated carbocycles. The van der Waals surface area contributed by atoms with E-state index in [0.29, 0.717) is 11.8 Å². The van der Waals surface area contributed by atoms with Crippen LogP contribution in [-0.2, 0) is 4.74 Å². The molecule has 3 nitrogen and oxygen atoms in total. The largest absolute Gasteiger partial charge is 0.381 e. The molecular formula is C40H68N2O. The summed E-state index contributed by atoms with van der Waals surface area (Å²) in [5, 5.41) is 19.0. The number of hydrogen-bond donors (Lipinski definition) is 0. The van der Waals surface area contributed by atoms with E-state index in [-0.39, 0.29) is 0 Å². The van der Waals surface area contributed by atoms with Gasteiger partial charge in [-0.1, -0.05) is 78.1 Å². The molecule has 2 unspecified atom stereocenters. The highest BCUT2D eigenvalue weighted by Gasteiger charge is 2.36. The van der Waals surface area contributed by atoms with Crippen LogP contribution in [0.4, 0.5) is 0 Å². The van der Waals surface area contributed by atoms with Gasteiger partial charge in [-0.25, -0.2) is 0 Å². The molecule has 4 aliphatic carbocycles. The van der Waals surface area contributed by atoms with Crippen LogP contribution in [0, 0.1) is 81.8 Å². The zero-order valence-electron chi connectivity index (χ0n) is 28.5. The van der Waals surface area contributed by atoms with Crippen molar-refractivity contribution in [2.75, 3.05) is 13.2 Å². The molecule has 2 atom stereocenters. The predicted molar refractivity (Wildman–Crippen MR) is 179 cm³/mol. The molecule has 0 aliphatic heterocycles. The van der Waals surface area contributed by atoms with Crippen LogP contribution in [0.25, 0.3) is 0 Å². The average molecular weight is 593 g/mol. The van der Waals surface area contributed by atoms with Gasteiger partial charge in [-0.3, -0.25) is 0 Å². The third kappa shape index (κ3) is 11.1. The minimum atomic E-state index is 0.305. The molecule has 0 amide bonds. The summed E-state index contributed by atoms with van der Waals surface area (Å²) in [6.45, 7) is 6.55. The maximum Gasteiger partial charge on any atom is 0.0655 e. The molecule has 0 aromatic carbocycles. The van der Waals surface area contributed by atoms with Crippen molar-refractivity contribution in [1.82, 2.24) is 0 Å². The van der Waals surface area contributed by atoms with Crippen LogP contribution in [0.3, 0.4) is 0 Å². The van der Waals surface area contributed by atoms with E-state index in [1.165, 1.54) is 128 Å². The van der Waals surface area contributed by atoms with E-state index in [9.17, 15) is 10.5 Å². The van der Waals surface area contributed by atoms with Crippen molar-refractivity contribution in [3.05, 3.63) is 0 Å². The molecule has 0 bridgehead atoms. The van der Waals surface area contributed by atoms with E-state index in [1.807, 2.05) is 0 Å². The van der Waals surface area contributed by atoms with Gasteiger partial charge in [-0.05, 0) is 137 Å². The topological polar surface area (TPSA) is 56.8 Å². The SMILES string of the molecule is CCCC[C@H]1CC[C@H](C(CCOCCC([C@H]2CC[C@H](C#N)CC2)[C@H]2CC[C@H](CCCC)CC2)[C@H]2CC[C@H](C#N)CC2)CC1. The minimum Gasteiger partial charge on any atom is -0.381 e. The van der Waals surface area contributed by atoms with Crippen LogP contribution >= 0.6 is 0 Å². The summed E-state index contributed by atoms with van der Waals surface area (Å²) in [4.78, 5) is 0. The van der Waals surface area contributed by atoms with E-state index in [1.54, 1.807) is 0 Å². The van der Waals surface area contributed by atoms with Gasteiger partial charge in [0.25, 0.3) is 0 Å². The van der Waals surface area contributed by atoms with Gasteiger partial charge in [0.2, 0.25) is 0 Å². The summed E-state index contributed by atoms with van der Waals surface area (Å²) < 4.78 is 6.59. The molecule has 0 aromatic heterocycles. The molecule has 3 heteroatoms. The summed E-state index contributed by atoms with van der Waals surface area (Å²) in [7, 11) is 0. The van der Waals surface area contributed by atoms with Gasteiger partial charge in [0, 0.05) is 25.0 Å². The monoisotopic (exact) mass is 593 g/mol. The summed E-state index contributed by atoms with van der Waals surface area (Å²) in [6.07, 6.45) is 32.0. The molecule has 0 saturated heterocycles. The third-order valence-electron chi connectivity index (χ3n) is 13.2. The standard InChI is InChI=1S/C40H68N2O/c1-3-5-7-31-9-17-35(18-10-31)39(37-21-13-33(29-41)14-22-37)25-27-43-28-26-40(38-23-15-34(30-42)16-24-38)36-19-11-32(12-20-36)8-6-4-2/h31-40H,3-28H2,1-2H3/t31-,32-,33-,34-,35-,36-,37-,38-,39?,40?. The van der Waals surface area contributed by atoms with Crippen LogP contribution in [0.1, 0.15) is 168 Å². The zero-order valence-corrected chi connectivity index (χ0v) is 28.5. The van der Waals surface area contributed by atoms with Crippen LogP contribution < -0.4 is 0 Å². The maximum absolute atomic E-state index is 9.49. The fourth-order valence-corrected chi connectivity index (χ4v) is 10.4. The average Bonchev–Trinajstić information content (AvgIpc) is 3.07. The van der Waals surface area contributed by atoms with Crippen molar-refractivity contribution >= 4 is 0 Å². The van der Waals surface area contributed by atoms with Crippen molar-refractivity contribution in [2.24, 2.45) is 59.2 Å². The third-order valence-corrected chi connectivity index (χ3v) is 13.2. The van der Waals surface area contributed by atoms with Gasteiger partial charge in [0.15, 0.2) is 0 Å². The molecular weight excluding hydrogens is 524 g/mol. The Balaban J connectivity index is 1.27. The Morgan fingerprint density at radius 2 is 0.837 bits per heavy atom. The Hall–Kier alpha value is -1.06. The first kappa shape index (κ1) is 34.8. The normalized spacial score (nSPS) is 35.0. The lowest BCUT2D eigenvalue weighted by molar-refractivity contribution is 0.0396. The van der Waals surface area contributed by atoms with E-state index in [0.717, 1.165) is 86.2 Å².